The van der Waals surface area contributed by atoms with Gasteiger partial charge < -0.3 is 34.7 Å². The molecule has 2 atom stereocenters. The van der Waals surface area contributed by atoms with Gasteiger partial charge in [0.25, 0.3) is 24.0 Å². The van der Waals surface area contributed by atoms with Gasteiger partial charge in [-0.2, -0.15) is 0 Å². The predicted molar refractivity (Wildman–Crippen MR) is 204 cm³/mol. The van der Waals surface area contributed by atoms with Gasteiger partial charge in [0.05, 0.1) is 17.6 Å². The van der Waals surface area contributed by atoms with Gasteiger partial charge in [-0.3, -0.25) is 9.59 Å². The largest absolute Gasteiger partial charge is 0.444 e. The number of carbonyl (C=O) groups excluding carboxylic acids is 1. The van der Waals surface area contributed by atoms with E-state index in [0.29, 0.717) is 16.3 Å². The number of ether oxygens (including phenoxy) is 1. The van der Waals surface area contributed by atoms with Crippen LogP contribution in [0.5, 0.6) is 0 Å². The first-order chi connectivity index (χ1) is 25.0. The number of aromatic nitrogens is 6. The Bertz CT molecular complexity index is 2050. The standard InChI is InChI=1S/C17H19Cl2F2N5O3S.C12H11Cl2F2N5OS.ClH/c1-17(2,3)29-16(28)25-4-5-26(8(6-25)12(20)21)14-9(18)15(27)24-13(23-14)10-11(19)22-7-30-10;13-6-11(21-2-1-17-3-5(21)9(15)16)19-10(20-12(6)22)7-8(14)18-4-23-7;/h7-8,12H,4-6H2,1-3H3,(H,23,24,27);4-5,9,17H,1-3H2,(H,19,20,22);1H. The molecule has 2 unspecified atom stereocenters. The maximum absolute atomic E-state index is 13.9. The van der Waals surface area contributed by atoms with Gasteiger partial charge in [-0.25, -0.2) is 42.3 Å². The van der Waals surface area contributed by atoms with E-state index in [4.69, 9.17) is 51.1 Å². The molecule has 6 rings (SSSR count). The first-order valence-corrected chi connectivity index (χ1v) is 18.8. The van der Waals surface area contributed by atoms with Gasteiger partial charge in [0.15, 0.2) is 33.6 Å². The molecule has 0 radical (unpaired) electrons. The van der Waals surface area contributed by atoms with Crippen LogP contribution >= 0.6 is 81.5 Å². The molecular weight excluding hydrogens is 870 g/mol. The number of aromatic amines is 2. The Morgan fingerprint density at radius 3 is 1.74 bits per heavy atom. The first kappa shape index (κ1) is 43.7. The summed E-state index contributed by atoms with van der Waals surface area (Å²) in [5, 5.41) is 2.65. The number of halogens is 9. The highest BCUT2D eigenvalue weighted by atomic mass is 35.5. The molecule has 0 bridgehead atoms. The van der Waals surface area contributed by atoms with Crippen molar-refractivity contribution in [3.05, 3.63) is 52.1 Å². The topological polar surface area (TPSA) is 165 Å². The zero-order valence-electron chi connectivity index (χ0n) is 28.2. The minimum absolute atomic E-state index is 0. The fourth-order valence-corrected chi connectivity index (χ4v) is 7.56. The monoisotopic (exact) mass is 898 g/mol. The average Bonchev–Trinajstić information content (AvgIpc) is 3.74. The van der Waals surface area contributed by atoms with E-state index in [1.54, 1.807) is 20.8 Å². The first-order valence-electron chi connectivity index (χ1n) is 15.5. The third-order valence-corrected chi connectivity index (χ3v) is 10.8. The van der Waals surface area contributed by atoms with Crippen LogP contribution in [0, 0.1) is 0 Å². The molecule has 2 saturated heterocycles. The van der Waals surface area contributed by atoms with Crippen LogP contribution < -0.4 is 26.2 Å². The molecule has 296 valence electrons. The smallest absolute Gasteiger partial charge is 0.410 e. The second-order valence-electron chi connectivity index (χ2n) is 12.4. The number of hydrogen-bond donors (Lipinski definition) is 3. The molecule has 1 amide bonds. The number of piperazine rings is 2. The van der Waals surface area contributed by atoms with Crippen molar-refractivity contribution in [1.82, 2.24) is 40.1 Å². The molecule has 6 heterocycles. The Kier molecular flexibility index (Phi) is 14.8. The minimum atomic E-state index is -2.83. The number of anilines is 2. The molecule has 54 heavy (non-hydrogen) atoms. The Labute approximate surface area is 338 Å². The molecular formula is C29H31Cl5F4N10O4S2. The second-order valence-corrected chi connectivity index (χ2v) is 15.6. The molecule has 0 saturated carbocycles. The number of nitrogens with zero attached hydrogens (tertiary/aromatic N) is 7. The van der Waals surface area contributed by atoms with Crippen LogP contribution in [0.1, 0.15) is 20.8 Å². The zero-order chi connectivity index (χ0) is 38.8. The van der Waals surface area contributed by atoms with Gasteiger partial charge in [-0.1, -0.05) is 46.4 Å². The van der Waals surface area contributed by atoms with Crippen molar-refractivity contribution in [2.75, 3.05) is 49.1 Å². The van der Waals surface area contributed by atoms with Gasteiger partial charge in [0.1, 0.15) is 37.5 Å². The highest BCUT2D eigenvalue weighted by Gasteiger charge is 2.39. The van der Waals surface area contributed by atoms with Crippen molar-refractivity contribution < 1.29 is 27.1 Å². The van der Waals surface area contributed by atoms with Crippen LogP contribution in [0.3, 0.4) is 0 Å². The lowest BCUT2D eigenvalue weighted by Gasteiger charge is -2.41. The SMILES string of the molecule is CC(C)(C)OC(=O)N1CCN(c2nc(-c3scnc3Cl)[nH]c(=O)c2Cl)C(C(F)F)C1.Cl.O=c1[nH]c(-c2scnc2Cl)nc(N2CCNCC2C(F)F)c1Cl. The lowest BCUT2D eigenvalue weighted by Crippen LogP contribution is -2.58. The normalized spacial score (nSPS) is 17.7. The summed E-state index contributed by atoms with van der Waals surface area (Å²) in [6.45, 7) is 5.69. The maximum atomic E-state index is 13.9. The van der Waals surface area contributed by atoms with Crippen molar-refractivity contribution in [3.63, 3.8) is 0 Å². The van der Waals surface area contributed by atoms with E-state index in [0.717, 1.165) is 11.3 Å². The molecule has 0 aromatic carbocycles. The van der Waals surface area contributed by atoms with E-state index in [-0.39, 0.29) is 88.8 Å². The predicted octanol–water partition coefficient (Wildman–Crippen LogP) is 6.56. The highest BCUT2D eigenvalue weighted by molar-refractivity contribution is 7.14. The molecule has 4 aromatic heterocycles. The van der Waals surface area contributed by atoms with E-state index in [1.165, 1.54) is 37.1 Å². The number of nitrogens with one attached hydrogen (secondary N) is 3. The molecule has 2 aliphatic rings. The van der Waals surface area contributed by atoms with E-state index in [1.807, 2.05) is 0 Å². The van der Waals surface area contributed by atoms with Gasteiger partial charge in [-0.15, -0.1) is 35.1 Å². The Morgan fingerprint density at radius 1 is 0.833 bits per heavy atom. The molecule has 4 aromatic rings. The van der Waals surface area contributed by atoms with Gasteiger partial charge >= 0.3 is 6.09 Å². The molecule has 0 spiro atoms. The number of hydrogen-bond acceptors (Lipinski definition) is 13. The van der Waals surface area contributed by atoms with Crippen molar-refractivity contribution in [2.24, 2.45) is 0 Å². The van der Waals surface area contributed by atoms with E-state index < -0.39 is 47.7 Å². The van der Waals surface area contributed by atoms with Crippen molar-refractivity contribution in [1.29, 1.82) is 0 Å². The summed E-state index contributed by atoms with van der Waals surface area (Å²) in [5.74, 6) is 0.165. The van der Waals surface area contributed by atoms with Crippen LogP contribution in [0.15, 0.2) is 20.6 Å². The van der Waals surface area contributed by atoms with Crippen molar-refractivity contribution >= 4 is 99.2 Å². The fraction of sp³-hybridized carbons (Fsp3) is 0.483. The number of amides is 1. The summed E-state index contributed by atoms with van der Waals surface area (Å²) in [7, 11) is 0. The van der Waals surface area contributed by atoms with Crippen LogP contribution in [-0.4, -0.2) is 111 Å². The molecule has 25 heteroatoms. The van der Waals surface area contributed by atoms with Gasteiger partial charge in [0.2, 0.25) is 0 Å². The van der Waals surface area contributed by atoms with Gasteiger partial charge in [0, 0.05) is 32.7 Å². The van der Waals surface area contributed by atoms with Crippen LogP contribution in [0.2, 0.25) is 20.4 Å². The van der Waals surface area contributed by atoms with Crippen molar-refractivity contribution in [2.45, 2.75) is 51.3 Å². The third-order valence-electron chi connectivity index (χ3n) is 7.65. The molecule has 14 nitrogen and oxygen atoms in total. The van der Waals surface area contributed by atoms with Crippen LogP contribution in [0.25, 0.3) is 21.4 Å². The summed E-state index contributed by atoms with van der Waals surface area (Å²) in [5.41, 5.74) is 0.910. The number of H-pyrrole nitrogens is 2. The second kappa shape index (κ2) is 18.3. The average molecular weight is 901 g/mol. The molecule has 2 aliphatic heterocycles. The zero-order valence-corrected chi connectivity index (χ0v) is 33.7. The van der Waals surface area contributed by atoms with Crippen LogP contribution in [-0.2, 0) is 4.74 Å². The van der Waals surface area contributed by atoms with Crippen LogP contribution in [0.4, 0.5) is 34.0 Å². The van der Waals surface area contributed by atoms with Gasteiger partial charge in [-0.05, 0) is 20.8 Å². The lowest BCUT2D eigenvalue weighted by atomic mass is 10.1. The fourth-order valence-electron chi connectivity index (χ4n) is 5.26. The maximum Gasteiger partial charge on any atom is 0.410 e. The third kappa shape index (κ3) is 10.1. The van der Waals surface area contributed by atoms with E-state index in [2.05, 4.69) is 35.2 Å². The summed E-state index contributed by atoms with van der Waals surface area (Å²) >= 11 is 26.4. The number of rotatable bonds is 6. The molecule has 2 fully saturated rings. The number of carbonyl (C=O) groups is 1. The van der Waals surface area contributed by atoms with Crippen molar-refractivity contribution in [3.8, 4) is 21.4 Å². The quantitative estimate of drug-likeness (QED) is 0.180. The number of alkyl halides is 4. The summed E-state index contributed by atoms with van der Waals surface area (Å²) in [6, 6.07) is -2.54. The number of thiazole rings is 2. The van der Waals surface area contributed by atoms with E-state index in [9.17, 15) is 31.9 Å². The Morgan fingerprint density at radius 2 is 1.31 bits per heavy atom. The minimum Gasteiger partial charge on any atom is -0.444 e. The van der Waals surface area contributed by atoms with E-state index >= 15 is 0 Å². The summed E-state index contributed by atoms with van der Waals surface area (Å²) in [6.07, 6.45) is -6.12. The Hall–Kier alpha value is -2.98. The Balaban J connectivity index is 0.000000244. The summed E-state index contributed by atoms with van der Waals surface area (Å²) in [4.78, 5) is 62.6. The summed E-state index contributed by atoms with van der Waals surface area (Å²) < 4.78 is 59.6. The molecule has 3 N–H and O–H groups in total. The lowest BCUT2D eigenvalue weighted by molar-refractivity contribution is 0.0120. The molecule has 0 aliphatic carbocycles. The highest BCUT2D eigenvalue weighted by Crippen LogP contribution is 2.34.